The second kappa shape index (κ2) is 5.73. The number of aromatic nitrogens is 3. The first-order chi connectivity index (χ1) is 10.6. The van der Waals surface area contributed by atoms with Gasteiger partial charge in [-0.3, -0.25) is 14.5 Å². The van der Waals surface area contributed by atoms with Gasteiger partial charge in [0.25, 0.3) is 5.91 Å². The minimum atomic E-state index is -0.112. The molecule has 0 aliphatic carbocycles. The van der Waals surface area contributed by atoms with E-state index in [1.54, 1.807) is 17.1 Å². The topological polar surface area (TPSA) is 59.8 Å². The summed E-state index contributed by atoms with van der Waals surface area (Å²) in [6.45, 7) is 3.93. The van der Waals surface area contributed by atoms with Gasteiger partial charge in [-0.15, -0.1) is 11.3 Å². The number of aryl methyl sites for hydroxylation is 2. The maximum absolute atomic E-state index is 12.4. The number of rotatable bonds is 3. The van der Waals surface area contributed by atoms with Crippen molar-refractivity contribution in [2.24, 2.45) is 7.05 Å². The number of nitrogens with zero attached hydrogens (tertiary/aromatic N) is 3. The third-order valence-electron chi connectivity index (χ3n) is 3.60. The van der Waals surface area contributed by atoms with Gasteiger partial charge < -0.3 is 5.32 Å². The quantitative estimate of drug-likeness (QED) is 0.806. The van der Waals surface area contributed by atoms with Crippen molar-refractivity contribution < 1.29 is 4.79 Å². The Morgan fingerprint density at radius 1 is 1.23 bits per heavy atom. The summed E-state index contributed by atoms with van der Waals surface area (Å²) in [4.78, 5) is 18.2. The van der Waals surface area contributed by atoms with Gasteiger partial charge in [-0.25, -0.2) is 0 Å². The molecule has 3 heterocycles. The zero-order valence-corrected chi connectivity index (χ0v) is 13.4. The number of anilines is 1. The van der Waals surface area contributed by atoms with Gasteiger partial charge in [-0.05, 0) is 43.2 Å². The van der Waals surface area contributed by atoms with E-state index < -0.39 is 0 Å². The smallest absolute Gasteiger partial charge is 0.265 e. The summed E-state index contributed by atoms with van der Waals surface area (Å²) in [5.74, 6) is -0.112. The lowest BCUT2D eigenvalue weighted by molar-refractivity contribution is 0.103. The third kappa shape index (κ3) is 2.65. The van der Waals surface area contributed by atoms with Gasteiger partial charge in [0.15, 0.2) is 0 Å². The summed E-state index contributed by atoms with van der Waals surface area (Å²) in [6.07, 6.45) is 5.25. The van der Waals surface area contributed by atoms with E-state index in [1.807, 2.05) is 45.3 Å². The number of hydrogen-bond donors (Lipinski definition) is 1. The molecule has 6 heteroatoms. The lowest BCUT2D eigenvalue weighted by atomic mass is 10.1. The van der Waals surface area contributed by atoms with Gasteiger partial charge in [-0.2, -0.15) is 5.10 Å². The van der Waals surface area contributed by atoms with Crippen LogP contribution in [-0.2, 0) is 7.05 Å². The first kappa shape index (κ1) is 14.5. The normalized spacial score (nSPS) is 10.7. The molecule has 112 valence electrons. The van der Waals surface area contributed by atoms with Crippen LogP contribution in [0, 0.1) is 13.8 Å². The summed E-state index contributed by atoms with van der Waals surface area (Å²) in [5.41, 5.74) is 3.87. The molecule has 3 aromatic rings. The van der Waals surface area contributed by atoms with Crippen molar-refractivity contribution in [2.75, 3.05) is 5.32 Å². The molecule has 0 unspecified atom stereocenters. The van der Waals surface area contributed by atoms with Crippen molar-refractivity contribution in [1.29, 1.82) is 0 Å². The fourth-order valence-corrected chi connectivity index (χ4v) is 3.15. The number of hydrogen-bond acceptors (Lipinski definition) is 4. The monoisotopic (exact) mass is 312 g/mol. The SMILES string of the molecule is Cc1cnccc1-c1ccc(C(=O)Nc2cnn(C)c2C)s1. The predicted molar refractivity (Wildman–Crippen MR) is 88.2 cm³/mol. The lowest BCUT2D eigenvalue weighted by Crippen LogP contribution is -2.10. The Labute approximate surface area is 132 Å². The highest BCUT2D eigenvalue weighted by atomic mass is 32.1. The van der Waals surface area contributed by atoms with E-state index in [0.29, 0.717) is 4.88 Å². The van der Waals surface area contributed by atoms with Gasteiger partial charge in [0.1, 0.15) is 0 Å². The van der Waals surface area contributed by atoms with Crippen molar-refractivity contribution in [3.63, 3.8) is 0 Å². The van der Waals surface area contributed by atoms with E-state index in [4.69, 9.17) is 0 Å². The van der Waals surface area contributed by atoms with Crippen LogP contribution < -0.4 is 5.32 Å². The summed E-state index contributed by atoms with van der Waals surface area (Å²) in [6, 6.07) is 5.78. The molecule has 1 amide bonds. The number of carbonyl (C=O) groups is 1. The van der Waals surface area contributed by atoms with Crippen molar-refractivity contribution in [3.05, 3.63) is 52.9 Å². The summed E-state index contributed by atoms with van der Waals surface area (Å²) in [7, 11) is 1.85. The Bertz CT molecular complexity index is 834. The second-order valence-electron chi connectivity index (χ2n) is 5.08. The van der Waals surface area contributed by atoms with E-state index in [0.717, 1.165) is 27.4 Å². The zero-order chi connectivity index (χ0) is 15.7. The van der Waals surface area contributed by atoms with Crippen LogP contribution in [0.5, 0.6) is 0 Å². The van der Waals surface area contributed by atoms with Crippen LogP contribution in [0.3, 0.4) is 0 Å². The third-order valence-corrected chi connectivity index (χ3v) is 4.72. The minimum absolute atomic E-state index is 0.112. The summed E-state index contributed by atoms with van der Waals surface area (Å²) < 4.78 is 1.73. The van der Waals surface area contributed by atoms with Crippen LogP contribution in [0.4, 0.5) is 5.69 Å². The molecule has 0 aliphatic heterocycles. The van der Waals surface area contributed by atoms with Crippen molar-refractivity contribution in [3.8, 4) is 10.4 Å². The molecule has 0 fully saturated rings. The van der Waals surface area contributed by atoms with E-state index >= 15 is 0 Å². The molecule has 0 aliphatic rings. The molecular weight excluding hydrogens is 296 g/mol. The van der Waals surface area contributed by atoms with Crippen molar-refractivity contribution in [1.82, 2.24) is 14.8 Å². The van der Waals surface area contributed by atoms with Crippen molar-refractivity contribution in [2.45, 2.75) is 13.8 Å². The molecule has 5 nitrogen and oxygen atoms in total. The van der Waals surface area contributed by atoms with Gasteiger partial charge in [0.05, 0.1) is 22.5 Å². The van der Waals surface area contributed by atoms with E-state index in [9.17, 15) is 4.79 Å². The first-order valence-corrected chi connectivity index (χ1v) is 7.68. The fraction of sp³-hybridized carbons (Fsp3) is 0.188. The fourth-order valence-electron chi connectivity index (χ4n) is 2.16. The highest BCUT2D eigenvalue weighted by Crippen LogP contribution is 2.30. The van der Waals surface area contributed by atoms with Gasteiger partial charge in [-0.1, -0.05) is 0 Å². The number of amides is 1. The Balaban J connectivity index is 1.83. The van der Waals surface area contributed by atoms with Gasteiger partial charge in [0.2, 0.25) is 0 Å². The Kier molecular flexibility index (Phi) is 3.77. The molecule has 22 heavy (non-hydrogen) atoms. The summed E-state index contributed by atoms with van der Waals surface area (Å²) in [5, 5.41) is 7.03. The molecular formula is C16H16N4OS. The number of pyridine rings is 1. The molecule has 3 aromatic heterocycles. The first-order valence-electron chi connectivity index (χ1n) is 6.87. The molecule has 0 saturated carbocycles. The number of thiophene rings is 1. The highest BCUT2D eigenvalue weighted by Gasteiger charge is 2.13. The maximum Gasteiger partial charge on any atom is 0.265 e. The average molecular weight is 312 g/mol. The largest absolute Gasteiger partial charge is 0.318 e. The number of nitrogens with one attached hydrogen (secondary N) is 1. The molecule has 0 bridgehead atoms. The standard InChI is InChI=1S/C16H16N4OS/c1-10-8-17-7-6-12(10)14-4-5-15(22-14)16(21)19-13-9-18-20(3)11(13)2/h4-9H,1-3H3,(H,19,21). The highest BCUT2D eigenvalue weighted by molar-refractivity contribution is 7.17. The minimum Gasteiger partial charge on any atom is -0.318 e. The molecule has 3 rings (SSSR count). The average Bonchev–Trinajstić information content (AvgIpc) is 3.10. The molecule has 0 saturated heterocycles. The lowest BCUT2D eigenvalue weighted by Gasteiger charge is -2.03. The maximum atomic E-state index is 12.4. The second-order valence-corrected chi connectivity index (χ2v) is 6.16. The molecule has 0 spiro atoms. The molecule has 0 atom stereocenters. The molecule has 1 N–H and O–H groups in total. The summed E-state index contributed by atoms with van der Waals surface area (Å²) >= 11 is 1.47. The van der Waals surface area contributed by atoms with Crippen LogP contribution >= 0.6 is 11.3 Å². The predicted octanol–water partition coefficient (Wildman–Crippen LogP) is 3.41. The van der Waals surface area contributed by atoms with Crippen LogP contribution in [0.1, 0.15) is 20.9 Å². The van der Waals surface area contributed by atoms with Gasteiger partial charge >= 0.3 is 0 Å². The Morgan fingerprint density at radius 2 is 2.05 bits per heavy atom. The van der Waals surface area contributed by atoms with Crippen LogP contribution in [-0.4, -0.2) is 20.7 Å². The van der Waals surface area contributed by atoms with E-state index in [2.05, 4.69) is 15.4 Å². The Morgan fingerprint density at radius 3 is 2.73 bits per heavy atom. The van der Waals surface area contributed by atoms with E-state index in [1.165, 1.54) is 11.3 Å². The van der Waals surface area contributed by atoms with Crippen LogP contribution in [0.15, 0.2) is 36.8 Å². The van der Waals surface area contributed by atoms with Crippen LogP contribution in [0.2, 0.25) is 0 Å². The van der Waals surface area contributed by atoms with Gasteiger partial charge in [0, 0.05) is 24.3 Å². The molecule has 0 radical (unpaired) electrons. The Hall–Kier alpha value is -2.47. The van der Waals surface area contributed by atoms with Crippen LogP contribution in [0.25, 0.3) is 10.4 Å². The van der Waals surface area contributed by atoms with E-state index in [-0.39, 0.29) is 5.91 Å². The molecule has 0 aromatic carbocycles. The zero-order valence-electron chi connectivity index (χ0n) is 12.6. The van der Waals surface area contributed by atoms with Crippen molar-refractivity contribution >= 4 is 22.9 Å². The number of carbonyl (C=O) groups excluding carboxylic acids is 1.